The molecule has 6 nitrogen and oxygen atoms in total. The van der Waals surface area contributed by atoms with E-state index in [0.29, 0.717) is 12.2 Å². The van der Waals surface area contributed by atoms with E-state index in [2.05, 4.69) is 15.2 Å². The molecule has 4 rings (SSSR count). The lowest BCUT2D eigenvalue weighted by Crippen LogP contribution is -2.48. The number of thiazole rings is 1. The van der Waals surface area contributed by atoms with E-state index in [1.165, 1.54) is 24.2 Å². The van der Waals surface area contributed by atoms with Crippen molar-refractivity contribution in [3.63, 3.8) is 0 Å². The molecule has 2 atom stereocenters. The predicted octanol–water partition coefficient (Wildman–Crippen LogP) is 1.59. The third kappa shape index (κ3) is 3.74. The zero-order chi connectivity index (χ0) is 15.6. The van der Waals surface area contributed by atoms with Crippen LogP contribution in [0, 0.1) is 0 Å². The topological polar surface area (TPSA) is 63.7 Å². The van der Waals surface area contributed by atoms with E-state index in [1.54, 1.807) is 0 Å². The number of amides is 1. The molecule has 0 radical (unpaired) electrons. The third-order valence-corrected chi connectivity index (χ3v) is 5.62. The van der Waals surface area contributed by atoms with Crippen LogP contribution in [-0.2, 0) is 9.47 Å². The lowest BCUT2D eigenvalue weighted by molar-refractivity contribution is -0.0293. The molecule has 0 aromatic carbocycles. The highest BCUT2D eigenvalue weighted by atomic mass is 32.1. The molecule has 2 aliphatic heterocycles. The summed E-state index contributed by atoms with van der Waals surface area (Å²) in [6.07, 6.45) is 4.86. The highest BCUT2D eigenvalue weighted by Crippen LogP contribution is 2.30. The largest absolute Gasteiger partial charge is 0.374 e. The van der Waals surface area contributed by atoms with Crippen LogP contribution in [0.2, 0.25) is 0 Å². The molecule has 1 aromatic rings. The minimum absolute atomic E-state index is 0.0790. The molecule has 0 spiro atoms. The fourth-order valence-electron chi connectivity index (χ4n) is 3.25. The van der Waals surface area contributed by atoms with Crippen LogP contribution in [0.5, 0.6) is 0 Å². The molecular formula is C16H23N3O3S. The molecule has 23 heavy (non-hydrogen) atoms. The summed E-state index contributed by atoms with van der Waals surface area (Å²) in [6.45, 7) is 4.04. The Morgan fingerprint density at radius 1 is 1.35 bits per heavy atom. The molecule has 7 heteroatoms. The average Bonchev–Trinajstić information content (AvgIpc) is 3.08. The second-order valence-electron chi connectivity index (χ2n) is 6.50. The molecule has 2 unspecified atom stereocenters. The number of carbonyl (C=O) groups excluding carboxylic acids is 1. The van der Waals surface area contributed by atoms with Crippen molar-refractivity contribution >= 4 is 17.2 Å². The van der Waals surface area contributed by atoms with Crippen LogP contribution >= 0.6 is 11.3 Å². The smallest absolute Gasteiger partial charge is 0.270 e. The quantitative estimate of drug-likeness (QED) is 0.884. The highest BCUT2D eigenvalue weighted by Gasteiger charge is 2.33. The maximum Gasteiger partial charge on any atom is 0.270 e. The molecule has 1 saturated carbocycles. The van der Waals surface area contributed by atoms with E-state index in [4.69, 9.17) is 9.47 Å². The van der Waals surface area contributed by atoms with Crippen LogP contribution in [-0.4, -0.2) is 60.8 Å². The number of nitrogens with zero attached hydrogens (tertiary/aromatic N) is 2. The van der Waals surface area contributed by atoms with Gasteiger partial charge in [-0.05, 0) is 25.7 Å². The van der Waals surface area contributed by atoms with Crippen molar-refractivity contribution in [2.75, 3.05) is 32.8 Å². The minimum Gasteiger partial charge on any atom is -0.374 e. The van der Waals surface area contributed by atoms with Gasteiger partial charge < -0.3 is 14.8 Å². The van der Waals surface area contributed by atoms with Gasteiger partial charge in [0.15, 0.2) is 0 Å². The Morgan fingerprint density at radius 3 is 3.04 bits per heavy atom. The van der Waals surface area contributed by atoms with Crippen molar-refractivity contribution < 1.29 is 14.3 Å². The third-order valence-electron chi connectivity index (χ3n) is 4.68. The summed E-state index contributed by atoms with van der Waals surface area (Å²) in [5.41, 5.74) is 0.496. The van der Waals surface area contributed by atoms with Crippen LogP contribution in [0.25, 0.3) is 0 Å². The second-order valence-corrected chi connectivity index (χ2v) is 7.39. The van der Waals surface area contributed by atoms with Gasteiger partial charge >= 0.3 is 0 Å². The van der Waals surface area contributed by atoms with Gasteiger partial charge in [-0.15, -0.1) is 11.3 Å². The van der Waals surface area contributed by atoms with Crippen LogP contribution in [0.4, 0.5) is 0 Å². The molecule has 126 valence electrons. The van der Waals surface area contributed by atoms with E-state index in [1.807, 2.05) is 5.38 Å². The van der Waals surface area contributed by atoms with Crippen LogP contribution in [0.1, 0.15) is 47.3 Å². The Morgan fingerprint density at radius 2 is 2.26 bits per heavy atom. The maximum absolute atomic E-state index is 12.3. The summed E-state index contributed by atoms with van der Waals surface area (Å²) in [6, 6.07) is 0.754. The van der Waals surface area contributed by atoms with Gasteiger partial charge in [-0.1, -0.05) is 0 Å². The van der Waals surface area contributed by atoms with Gasteiger partial charge in [-0.3, -0.25) is 9.69 Å². The summed E-state index contributed by atoms with van der Waals surface area (Å²) in [7, 11) is 0. The lowest BCUT2D eigenvalue weighted by atomic mass is 10.2. The van der Waals surface area contributed by atoms with Crippen molar-refractivity contribution in [2.24, 2.45) is 0 Å². The SMILES string of the molecule is O=C(NCC1CN(C2CC2)CCO1)c1csc(C2CCCO2)n1. The second kappa shape index (κ2) is 6.84. The fraction of sp³-hybridized carbons (Fsp3) is 0.750. The van der Waals surface area contributed by atoms with Crippen molar-refractivity contribution in [3.05, 3.63) is 16.1 Å². The first-order valence-electron chi connectivity index (χ1n) is 8.50. The Hall–Kier alpha value is -1.02. The average molecular weight is 337 g/mol. The Balaban J connectivity index is 1.27. The molecule has 0 bridgehead atoms. The zero-order valence-electron chi connectivity index (χ0n) is 13.2. The molecule has 1 N–H and O–H groups in total. The molecule has 2 saturated heterocycles. The fourth-order valence-corrected chi connectivity index (χ4v) is 4.13. The van der Waals surface area contributed by atoms with Crippen molar-refractivity contribution in [1.29, 1.82) is 0 Å². The number of rotatable bonds is 5. The lowest BCUT2D eigenvalue weighted by Gasteiger charge is -2.33. The number of morpholine rings is 1. The summed E-state index contributed by atoms with van der Waals surface area (Å²) in [5.74, 6) is -0.113. The van der Waals surface area contributed by atoms with E-state index in [-0.39, 0.29) is 18.1 Å². The Kier molecular flexibility index (Phi) is 4.61. The van der Waals surface area contributed by atoms with Gasteiger partial charge in [0.2, 0.25) is 0 Å². The van der Waals surface area contributed by atoms with E-state index < -0.39 is 0 Å². The van der Waals surface area contributed by atoms with Gasteiger partial charge in [0.25, 0.3) is 5.91 Å². The van der Waals surface area contributed by atoms with Crippen LogP contribution < -0.4 is 5.32 Å². The van der Waals surface area contributed by atoms with E-state index in [9.17, 15) is 4.79 Å². The normalized spacial score (nSPS) is 28.9. The summed E-state index contributed by atoms with van der Waals surface area (Å²) < 4.78 is 11.4. The van der Waals surface area contributed by atoms with Crippen molar-refractivity contribution in [1.82, 2.24) is 15.2 Å². The van der Waals surface area contributed by atoms with Gasteiger partial charge in [-0.25, -0.2) is 4.98 Å². The van der Waals surface area contributed by atoms with Crippen LogP contribution in [0.3, 0.4) is 0 Å². The highest BCUT2D eigenvalue weighted by molar-refractivity contribution is 7.09. The van der Waals surface area contributed by atoms with Crippen molar-refractivity contribution in [2.45, 2.75) is 43.9 Å². The van der Waals surface area contributed by atoms with Crippen molar-refractivity contribution in [3.8, 4) is 0 Å². The summed E-state index contributed by atoms with van der Waals surface area (Å²) in [4.78, 5) is 19.2. The standard InChI is InChI=1S/C16H23N3O3S/c20-15(13-10-23-16(18-13)14-2-1-6-22-14)17-8-12-9-19(5-7-21-12)11-3-4-11/h10-12,14H,1-9H2,(H,17,20). The number of aromatic nitrogens is 1. The number of hydrogen-bond acceptors (Lipinski definition) is 6. The predicted molar refractivity (Wildman–Crippen MR) is 86.7 cm³/mol. The summed E-state index contributed by atoms with van der Waals surface area (Å²) >= 11 is 1.51. The first-order chi connectivity index (χ1) is 11.3. The molecule has 1 aliphatic carbocycles. The number of nitrogens with one attached hydrogen (secondary N) is 1. The van der Waals surface area contributed by atoms with Gasteiger partial charge in [0.05, 0.1) is 12.7 Å². The Labute approximate surface area is 140 Å². The van der Waals surface area contributed by atoms with E-state index in [0.717, 1.165) is 50.2 Å². The number of ether oxygens (including phenoxy) is 2. The number of carbonyl (C=O) groups is 1. The number of hydrogen-bond donors (Lipinski definition) is 1. The molecule has 3 fully saturated rings. The van der Waals surface area contributed by atoms with Gasteiger partial charge in [-0.2, -0.15) is 0 Å². The molecule has 3 heterocycles. The molecule has 1 aromatic heterocycles. The van der Waals surface area contributed by atoms with Crippen LogP contribution in [0.15, 0.2) is 5.38 Å². The maximum atomic E-state index is 12.3. The van der Waals surface area contributed by atoms with Gasteiger partial charge in [0.1, 0.15) is 16.8 Å². The first kappa shape index (κ1) is 15.5. The minimum atomic E-state index is -0.113. The summed E-state index contributed by atoms with van der Waals surface area (Å²) in [5, 5.41) is 5.71. The monoisotopic (exact) mass is 337 g/mol. The van der Waals surface area contributed by atoms with E-state index >= 15 is 0 Å². The molecule has 1 amide bonds. The van der Waals surface area contributed by atoms with Gasteiger partial charge in [0, 0.05) is 37.7 Å². The first-order valence-corrected chi connectivity index (χ1v) is 9.38. The Bertz CT molecular complexity index is 555. The molecule has 3 aliphatic rings. The zero-order valence-corrected chi connectivity index (χ0v) is 14.0. The molecular weight excluding hydrogens is 314 g/mol.